The zero-order chi connectivity index (χ0) is 18.1. The summed E-state index contributed by atoms with van der Waals surface area (Å²) in [6, 6.07) is 7.39. The summed E-state index contributed by atoms with van der Waals surface area (Å²) in [5.74, 6) is -0.110. The molecule has 25 heavy (non-hydrogen) atoms. The number of H-pyrrole nitrogens is 2. The van der Waals surface area contributed by atoms with Gasteiger partial charge < -0.3 is 9.88 Å². The molecule has 0 unspecified atom stereocenters. The minimum Gasteiger partial charge on any atom is -0.332 e. The van der Waals surface area contributed by atoms with Crippen LogP contribution in [0.4, 0.5) is 0 Å². The molecular weight excluding hydrogens is 316 g/mol. The second kappa shape index (κ2) is 6.55. The number of hydrogen-bond acceptors (Lipinski definition) is 3. The Hall–Kier alpha value is -2.89. The lowest BCUT2D eigenvalue weighted by Crippen LogP contribution is -2.38. The van der Waals surface area contributed by atoms with Crippen LogP contribution in [-0.2, 0) is 6.54 Å². The summed E-state index contributed by atoms with van der Waals surface area (Å²) in [6.45, 7) is 7.92. The molecule has 2 heterocycles. The molecule has 3 aromatic rings. The van der Waals surface area contributed by atoms with Crippen LogP contribution in [0.3, 0.4) is 0 Å². The number of nitrogens with zero attached hydrogens (tertiary/aromatic N) is 2. The number of benzene rings is 1. The van der Waals surface area contributed by atoms with Crippen molar-refractivity contribution in [2.75, 3.05) is 0 Å². The van der Waals surface area contributed by atoms with E-state index in [0.29, 0.717) is 11.1 Å². The number of carbonyl (C=O) groups is 1. The first-order valence-corrected chi connectivity index (χ1v) is 8.31. The molecule has 3 rings (SSSR count). The molecule has 0 aliphatic carbocycles. The Morgan fingerprint density at radius 1 is 1.28 bits per heavy atom. The van der Waals surface area contributed by atoms with Crippen LogP contribution >= 0.6 is 0 Å². The van der Waals surface area contributed by atoms with Gasteiger partial charge in [-0.1, -0.05) is 6.07 Å². The van der Waals surface area contributed by atoms with Gasteiger partial charge >= 0.3 is 0 Å². The number of pyridine rings is 1. The van der Waals surface area contributed by atoms with E-state index < -0.39 is 0 Å². The molecule has 2 aromatic heterocycles. The van der Waals surface area contributed by atoms with E-state index in [1.807, 2.05) is 45.9 Å². The van der Waals surface area contributed by atoms with E-state index in [1.54, 1.807) is 17.2 Å². The van der Waals surface area contributed by atoms with Gasteiger partial charge in [0.1, 0.15) is 0 Å². The van der Waals surface area contributed by atoms with Crippen molar-refractivity contribution < 1.29 is 4.79 Å². The molecule has 130 valence electrons. The predicted molar refractivity (Wildman–Crippen MR) is 97.6 cm³/mol. The molecule has 0 atom stereocenters. The van der Waals surface area contributed by atoms with Crippen LogP contribution in [0.25, 0.3) is 10.9 Å². The normalized spacial score (nSPS) is 11.2. The van der Waals surface area contributed by atoms with Crippen molar-refractivity contribution in [3.63, 3.8) is 0 Å². The molecule has 0 aliphatic heterocycles. The largest absolute Gasteiger partial charge is 0.332 e. The Morgan fingerprint density at radius 3 is 2.72 bits per heavy atom. The number of aryl methyl sites for hydroxylation is 2. The average Bonchev–Trinajstić information content (AvgIpc) is 3.01. The van der Waals surface area contributed by atoms with Gasteiger partial charge in [-0.15, -0.1) is 0 Å². The summed E-state index contributed by atoms with van der Waals surface area (Å²) in [5, 5.41) is 7.69. The van der Waals surface area contributed by atoms with Crippen molar-refractivity contribution in [3.05, 3.63) is 63.2 Å². The molecule has 0 saturated heterocycles. The molecule has 6 nitrogen and oxygen atoms in total. The highest BCUT2D eigenvalue weighted by Gasteiger charge is 2.23. The topological polar surface area (TPSA) is 81.8 Å². The minimum absolute atomic E-state index is 0.0465. The SMILES string of the molecule is Cc1cc(C)c(CN(C(=O)c2cccc3[nH]ncc23)C(C)C)c(=O)[nH]1. The Bertz CT molecular complexity index is 984. The third-order valence-electron chi connectivity index (χ3n) is 4.42. The Labute approximate surface area is 145 Å². The van der Waals surface area contributed by atoms with Crippen LogP contribution in [-0.4, -0.2) is 32.0 Å². The molecule has 0 bridgehead atoms. The second-order valence-corrected chi connectivity index (χ2v) is 6.61. The first-order chi connectivity index (χ1) is 11.9. The van der Waals surface area contributed by atoms with Crippen LogP contribution in [0.15, 0.2) is 35.3 Å². The number of rotatable bonds is 4. The first-order valence-electron chi connectivity index (χ1n) is 8.31. The van der Waals surface area contributed by atoms with Gasteiger partial charge in [0, 0.05) is 22.7 Å². The summed E-state index contributed by atoms with van der Waals surface area (Å²) in [6.07, 6.45) is 1.66. The lowest BCUT2D eigenvalue weighted by Gasteiger charge is -2.27. The molecule has 0 aliphatic rings. The quantitative estimate of drug-likeness (QED) is 0.767. The molecule has 0 fully saturated rings. The molecular formula is C19H22N4O2. The maximum Gasteiger partial charge on any atom is 0.255 e. The summed E-state index contributed by atoms with van der Waals surface area (Å²) in [5.41, 5.74) is 3.59. The van der Waals surface area contributed by atoms with Crippen molar-refractivity contribution in [2.45, 2.75) is 40.3 Å². The van der Waals surface area contributed by atoms with Crippen molar-refractivity contribution >= 4 is 16.8 Å². The highest BCUT2D eigenvalue weighted by Crippen LogP contribution is 2.20. The van der Waals surface area contributed by atoms with Crippen molar-refractivity contribution in [2.24, 2.45) is 0 Å². The van der Waals surface area contributed by atoms with Crippen LogP contribution in [0.5, 0.6) is 0 Å². The van der Waals surface area contributed by atoms with Crippen molar-refractivity contribution in [1.29, 1.82) is 0 Å². The van der Waals surface area contributed by atoms with E-state index in [-0.39, 0.29) is 24.1 Å². The number of aromatic amines is 2. The van der Waals surface area contributed by atoms with E-state index in [1.165, 1.54) is 0 Å². The molecule has 1 aromatic carbocycles. The van der Waals surface area contributed by atoms with E-state index in [4.69, 9.17) is 0 Å². The standard InChI is InChI=1S/C19H22N4O2/c1-11(2)23(10-16-12(3)8-13(4)21-18(16)24)19(25)14-6-5-7-17-15(14)9-20-22-17/h5-9,11H,10H2,1-4H3,(H,20,22)(H,21,24). The highest BCUT2D eigenvalue weighted by atomic mass is 16.2. The summed E-state index contributed by atoms with van der Waals surface area (Å²) in [4.78, 5) is 30.0. The van der Waals surface area contributed by atoms with E-state index >= 15 is 0 Å². The number of amides is 1. The number of hydrogen-bond donors (Lipinski definition) is 2. The summed E-state index contributed by atoms with van der Waals surface area (Å²) < 4.78 is 0. The van der Waals surface area contributed by atoms with Crippen molar-refractivity contribution in [3.8, 4) is 0 Å². The smallest absolute Gasteiger partial charge is 0.255 e. The predicted octanol–water partition coefficient (Wildman–Crippen LogP) is 2.92. The lowest BCUT2D eigenvalue weighted by atomic mass is 10.1. The zero-order valence-electron chi connectivity index (χ0n) is 14.9. The molecule has 6 heteroatoms. The van der Waals surface area contributed by atoms with Crippen LogP contribution in [0.1, 0.15) is 41.0 Å². The fraction of sp³-hybridized carbons (Fsp3) is 0.316. The van der Waals surface area contributed by atoms with Crippen LogP contribution in [0, 0.1) is 13.8 Å². The lowest BCUT2D eigenvalue weighted by molar-refractivity contribution is 0.0691. The van der Waals surface area contributed by atoms with Gasteiger partial charge in [-0.05, 0) is 51.5 Å². The van der Waals surface area contributed by atoms with E-state index in [0.717, 1.165) is 22.2 Å². The number of nitrogens with one attached hydrogen (secondary N) is 2. The van der Waals surface area contributed by atoms with Gasteiger partial charge in [0.15, 0.2) is 0 Å². The first kappa shape index (κ1) is 17.0. The molecule has 1 amide bonds. The zero-order valence-corrected chi connectivity index (χ0v) is 14.9. The van der Waals surface area contributed by atoms with Gasteiger partial charge in [-0.3, -0.25) is 14.7 Å². The van der Waals surface area contributed by atoms with Gasteiger partial charge in [0.25, 0.3) is 11.5 Å². The molecule has 0 spiro atoms. The van der Waals surface area contributed by atoms with Crippen LogP contribution in [0.2, 0.25) is 0 Å². The Balaban J connectivity index is 2.01. The number of carbonyl (C=O) groups excluding carboxylic acids is 1. The number of aromatic nitrogens is 3. The number of fused-ring (bicyclic) bond motifs is 1. The van der Waals surface area contributed by atoms with Gasteiger partial charge in [-0.2, -0.15) is 5.10 Å². The maximum absolute atomic E-state index is 13.2. The Morgan fingerprint density at radius 2 is 2.04 bits per heavy atom. The average molecular weight is 338 g/mol. The summed E-state index contributed by atoms with van der Waals surface area (Å²) in [7, 11) is 0. The highest BCUT2D eigenvalue weighted by molar-refractivity contribution is 6.06. The third-order valence-corrected chi connectivity index (χ3v) is 4.42. The monoisotopic (exact) mass is 338 g/mol. The fourth-order valence-corrected chi connectivity index (χ4v) is 3.05. The molecule has 2 N–H and O–H groups in total. The van der Waals surface area contributed by atoms with Crippen molar-refractivity contribution in [1.82, 2.24) is 20.1 Å². The molecule has 0 radical (unpaired) electrons. The van der Waals surface area contributed by atoms with Gasteiger partial charge in [-0.25, -0.2) is 0 Å². The Kier molecular flexibility index (Phi) is 4.44. The maximum atomic E-state index is 13.2. The molecule has 0 saturated carbocycles. The third kappa shape index (κ3) is 3.20. The van der Waals surface area contributed by atoms with E-state index in [2.05, 4.69) is 15.2 Å². The van der Waals surface area contributed by atoms with Crippen LogP contribution < -0.4 is 5.56 Å². The van der Waals surface area contributed by atoms with E-state index in [9.17, 15) is 9.59 Å². The fourth-order valence-electron chi connectivity index (χ4n) is 3.05. The van der Waals surface area contributed by atoms with Gasteiger partial charge in [0.2, 0.25) is 0 Å². The van der Waals surface area contributed by atoms with Gasteiger partial charge in [0.05, 0.1) is 23.8 Å². The second-order valence-electron chi connectivity index (χ2n) is 6.61. The summed E-state index contributed by atoms with van der Waals surface area (Å²) >= 11 is 0. The minimum atomic E-state index is -0.141.